The summed E-state index contributed by atoms with van der Waals surface area (Å²) in [5, 5.41) is 7.65. The van der Waals surface area contributed by atoms with Crippen LogP contribution in [0.3, 0.4) is 0 Å². The Morgan fingerprint density at radius 2 is 1.97 bits per heavy atom. The largest absolute Gasteiger partial charge is 0.361 e. The van der Waals surface area contributed by atoms with Crippen LogP contribution in [-0.2, 0) is 13.0 Å². The van der Waals surface area contributed by atoms with Gasteiger partial charge in [-0.3, -0.25) is 9.79 Å². The number of pyridine rings is 1. The van der Waals surface area contributed by atoms with Crippen molar-refractivity contribution in [3.05, 3.63) is 70.0 Å². The number of hydrogen-bond acceptors (Lipinski definition) is 2. The number of hydrogen-bond donors (Lipinski definition) is 3. The summed E-state index contributed by atoms with van der Waals surface area (Å²) in [5.41, 5.74) is 3.00. The Balaban J connectivity index is 0.00000320. The van der Waals surface area contributed by atoms with Gasteiger partial charge >= 0.3 is 0 Å². The standard InChI is InChI=1S/C22H28FN5O.HI/c1-16-6-5-7-21(29)28(16)13-4-3-11-25-22(24-2)26-12-10-17-15-27-20-14-18(23)8-9-19(17)20;/h5-9,14-15,27H,3-4,10-13H2,1-2H3,(H2,24,25,26);1H. The third kappa shape index (κ3) is 6.32. The van der Waals surface area contributed by atoms with E-state index in [4.69, 9.17) is 0 Å². The monoisotopic (exact) mass is 525 g/mol. The topological polar surface area (TPSA) is 74.2 Å². The zero-order chi connectivity index (χ0) is 20.6. The van der Waals surface area contributed by atoms with Gasteiger partial charge in [-0.2, -0.15) is 0 Å². The minimum atomic E-state index is -0.235. The van der Waals surface area contributed by atoms with Crippen molar-refractivity contribution in [3.63, 3.8) is 0 Å². The number of halogens is 2. The Morgan fingerprint density at radius 3 is 2.73 bits per heavy atom. The molecule has 8 heteroatoms. The fraction of sp³-hybridized carbons (Fsp3) is 0.364. The van der Waals surface area contributed by atoms with Crippen molar-refractivity contribution in [1.82, 2.24) is 20.2 Å². The molecule has 0 saturated carbocycles. The molecule has 0 saturated heterocycles. The second kappa shape index (κ2) is 11.7. The van der Waals surface area contributed by atoms with E-state index in [9.17, 15) is 9.18 Å². The van der Waals surface area contributed by atoms with Gasteiger partial charge in [-0.25, -0.2) is 4.39 Å². The molecule has 3 rings (SSSR count). The maximum absolute atomic E-state index is 13.3. The van der Waals surface area contributed by atoms with Crippen molar-refractivity contribution < 1.29 is 4.39 Å². The fourth-order valence-corrected chi connectivity index (χ4v) is 3.41. The van der Waals surface area contributed by atoms with E-state index < -0.39 is 0 Å². The minimum Gasteiger partial charge on any atom is -0.361 e. The molecule has 3 aromatic rings. The fourth-order valence-electron chi connectivity index (χ4n) is 3.41. The molecule has 0 fully saturated rings. The van der Waals surface area contributed by atoms with Crippen LogP contribution in [0.5, 0.6) is 0 Å². The molecule has 0 aliphatic carbocycles. The summed E-state index contributed by atoms with van der Waals surface area (Å²) < 4.78 is 15.1. The summed E-state index contributed by atoms with van der Waals surface area (Å²) in [4.78, 5) is 19.2. The van der Waals surface area contributed by atoms with Crippen molar-refractivity contribution in [2.45, 2.75) is 32.7 Å². The van der Waals surface area contributed by atoms with Crippen molar-refractivity contribution in [2.24, 2.45) is 4.99 Å². The first-order valence-corrected chi connectivity index (χ1v) is 9.95. The van der Waals surface area contributed by atoms with Crippen molar-refractivity contribution in [1.29, 1.82) is 0 Å². The molecular weight excluding hydrogens is 496 g/mol. The number of guanidine groups is 1. The van der Waals surface area contributed by atoms with E-state index in [0.29, 0.717) is 0 Å². The third-order valence-electron chi connectivity index (χ3n) is 5.01. The van der Waals surface area contributed by atoms with Crippen molar-refractivity contribution in [3.8, 4) is 0 Å². The second-order valence-corrected chi connectivity index (χ2v) is 7.04. The molecule has 0 atom stereocenters. The maximum atomic E-state index is 13.3. The summed E-state index contributed by atoms with van der Waals surface area (Å²) in [6, 6.07) is 10.1. The van der Waals surface area contributed by atoms with Gasteiger partial charge in [-0.15, -0.1) is 24.0 Å². The van der Waals surface area contributed by atoms with Crippen LogP contribution in [0.25, 0.3) is 10.9 Å². The summed E-state index contributed by atoms with van der Waals surface area (Å²) >= 11 is 0. The summed E-state index contributed by atoms with van der Waals surface area (Å²) in [5.74, 6) is 0.518. The maximum Gasteiger partial charge on any atom is 0.250 e. The Hall–Kier alpha value is -2.36. The molecule has 0 aliphatic heterocycles. The third-order valence-corrected chi connectivity index (χ3v) is 5.01. The predicted octanol–water partition coefficient (Wildman–Crippen LogP) is 3.58. The molecule has 0 bridgehead atoms. The van der Waals surface area contributed by atoms with Crippen molar-refractivity contribution >= 4 is 40.8 Å². The van der Waals surface area contributed by atoms with E-state index in [2.05, 4.69) is 20.6 Å². The van der Waals surface area contributed by atoms with Crippen LogP contribution in [0.4, 0.5) is 4.39 Å². The molecule has 30 heavy (non-hydrogen) atoms. The van der Waals surface area contributed by atoms with E-state index in [0.717, 1.165) is 67.0 Å². The number of nitrogens with one attached hydrogen (secondary N) is 3. The van der Waals surface area contributed by atoms with Gasteiger partial charge in [-0.05, 0) is 56.0 Å². The number of nitrogens with zero attached hydrogens (tertiary/aromatic N) is 2. The SMILES string of the molecule is CN=C(NCCCCn1c(C)cccc1=O)NCCc1c[nH]c2cc(F)ccc12.I. The highest BCUT2D eigenvalue weighted by atomic mass is 127. The number of unbranched alkanes of at least 4 members (excludes halogenated alkanes) is 1. The zero-order valence-corrected chi connectivity index (χ0v) is 19.7. The molecule has 3 N–H and O–H groups in total. The first-order valence-electron chi connectivity index (χ1n) is 9.95. The summed E-state index contributed by atoms with van der Waals surface area (Å²) in [6.45, 7) is 4.19. The average molecular weight is 525 g/mol. The molecule has 162 valence electrons. The normalized spacial score (nSPS) is 11.4. The number of aromatic amines is 1. The first kappa shape index (κ1) is 23.9. The molecular formula is C22H29FIN5O. The average Bonchev–Trinajstić information content (AvgIpc) is 3.10. The highest BCUT2D eigenvalue weighted by Crippen LogP contribution is 2.19. The molecule has 1 aromatic carbocycles. The van der Waals surface area contributed by atoms with E-state index in [1.54, 1.807) is 23.7 Å². The zero-order valence-electron chi connectivity index (χ0n) is 17.4. The molecule has 0 spiro atoms. The van der Waals surface area contributed by atoms with Gasteiger partial charge in [0.15, 0.2) is 5.96 Å². The molecule has 0 aliphatic rings. The molecule has 2 aromatic heterocycles. The van der Waals surface area contributed by atoms with Crippen LogP contribution in [0.15, 0.2) is 52.4 Å². The number of aliphatic imine (C=N–C) groups is 1. The number of fused-ring (bicyclic) bond motifs is 1. The van der Waals surface area contributed by atoms with E-state index in [-0.39, 0.29) is 35.4 Å². The van der Waals surface area contributed by atoms with Gasteiger partial charge in [0.05, 0.1) is 0 Å². The Kier molecular flexibility index (Phi) is 9.35. The van der Waals surface area contributed by atoms with E-state index >= 15 is 0 Å². The number of H-pyrrole nitrogens is 1. The van der Waals surface area contributed by atoms with Crippen LogP contribution in [0.1, 0.15) is 24.1 Å². The van der Waals surface area contributed by atoms with E-state index in [1.807, 2.05) is 25.3 Å². The number of benzene rings is 1. The number of rotatable bonds is 8. The molecule has 0 amide bonds. The Labute approximate surface area is 193 Å². The quantitative estimate of drug-likeness (QED) is 0.182. The van der Waals surface area contributed by atoms with Gasteiger partial charge in [0.25, 0.3) is 5.56 Å². The van der Waals surface area contributed by atoms with Gasteiger partial charge < -0.3 is 20.2 Å². The van der Waals surface area contributed by atoms with Crippen LogP contribution in [0, 0.1) is 12.7 Å². The highest BCUT2D eigenvalue weighted by Gasteiger charge is 2.05. The van der Waals surface area contributed by atoms with E-state index in [1.165, 1.54) is 12.1 Å². The van der Waals surface area contributed by atoms with Crippen LogP contribution >= 0.6 is 24.0 Å². The lowest BCUT2D eigenvalue weighted by atomic mass is 10.1. The second-order valence-electron chi connectivity index (χ2n) is 7.04. The lowest BCUT2D eigenvalue weighted by Gasteiger charge is -2.12. The molecule has 0 radical (unpaired) electrons. The number of aryl methyl sites for hydroxylation is 1. The van der Waals surface area contributed by atoms with Crippen LogP contribution < -0.4 is 16.2 Å². The van der Waals surface area contributed by atoms with Gasteiger partial charge in [-0.1, -0.05) is 6.07 Å². The Bertz CT molecular complexity index is 1040. The van der Waals surface area contributed by atoms with Crippen molar-refractivity contribution in [2.75, 3.05) is 20.1 Å². The van der Waals surface area contributed by atoms with Gasteiger partial charge in [0.1, 0.15) is 5.82 Å². The lowest BCUT2D eigenvalue weighted by molar-refractivity contribution is 0.575. The summed E-state index contributed by atoms with van der Waals surface area (Å²) in [7, 11) is 1.75. The summed E-state index contributed by atoms with van der Waals surface area (Å²) in [6.07, 6.45) is 4.59. The highest BCUT2D eigenvalue weighted by molar-refractivity contribution is 14.0. The minimum absolute atomic E-state index is 0. The molecule has 6 nitrogen and oxygen atoms in total. The molecule has 0 unspecified atom stereocenters. The van der Waals surface area contributed by atoms with Crippen LogP contribution in [0.2, 0.25) is 0 Å². The van der Waals surface area contributed by atoms with Gasteiger partial charge in [0, 0.05) is 55.5 Å². The van der Waals surface area contributed by atoms with Crippen LogP contribution in [-0.4, -0.2) is 35.6 Å². The predicted molar refractivity (Wildman–Crippen MR) is 131 cm³/mol. The van der Waals surface area contributed by atoms with Gasteiger partial charge in [0.2, 0.25) is 0 Å². The lowest BCUT2D eigenvalue weighted by Crippen LogP contribution is -2.38. The smallest absolute Gasteiger partial charge is 0.250 e. The number of aromatic nitrogens is 2. The molecule has 2 heterocycles. The Morgan fingerprint density at radius 1 is 1.17 bits per heavy atom. The first-order chi connectivity index (χ1) is 14.1.